The van der Waals surface area contributed by atoms with E-state index in [1.54, 1.807) is 4.90 Å². The summed E-state index contributed by atoms with van der Waals surface area (Å²) in [6, 6.07) is -0.138. The Morgan fingerprint density at radius 3 is 2.55 bits per heavy atom. The maximum atomic E-state index is 15.8. The number of ether oxygens (including phenoxy) is 1. The molecule has 4 N–H and O–H groups in total. The zero-order chi connectivity index (χ0) is 22.7. The third-order valence-corrected chi connectivity index (χ3v) is 6.64. The summed E-state index contributed by atoms with van der Waals surface area (Å²) in [5, 5.41) is 11.8. The molecule has 2 heterocycles. The van der Waals surface area contributed by atoms with Crippen molar-refractivity contribution in [3.05, 3.63) is 28.1 Å². The van der Waals surface area contributed by atoms with Crippen molar-refractivity contribution in [1.29, 1.82) is 0 Å². The Morgan fingerprint density at radius 1 is 1.29 bits per heavy atom. The molecule has 2 aliphatic rings. The van der Waals surface area contributed by atoms with Crippen LogP contribution in [0, 0.1) is 17.6 Å². The zero-order valence-corrected chi connectivity index (χ0v) is 17.7. The minimum atomic E-state index is -1.69. The van der Waals surface area contributed by atoms with Crippen molar-refractivity contribution in [2.45, 2.75) is 44.7 Å². The number of fused-ring (bicyclic) bond motifs is 1. The number of aromatic nitrogens is 1. The predicted molar refractivity (Wildman–Crippen MR) is 113 cm³/mol. The highest BCUT2D eigenvalue weighted by Gasteiger charge is 2.38. The number of nitrogen functional groups attached to an aromatic ring is 1. The van der Waals surface area contributed by atoms with Gasteiger partial charge in [-0.15, -0.1) is 0 Å². The van der Waals surface area contributed by atoms with Crippen LogP contribution < -0.4 is 26.1 Å². The van der Waals surface area contributed by atoms with Gasteiger partial charge < -0.3 is 30.4 Å². The molecule has 1 aliphatic carbocycles. The summed E-state index contributed by atoms with van der Waals surface area (Å²) in [4.78, 5) is 25.4. The number of nitrogens with zero attached hydrogens (tertiary/aromatic N) is 2. The first kappa shape index (κ1) is 21.4. The van der Waals surface area contributed by atoms with Crippen molar-refractivity contribution in [2.75, 3.05) is 30.8 Å². The number of pyridine rings is 1. The summed E-state index contributed by atoms with van der Waals surface area (Å²) in [6.45, 7) is 4.96. The van der Waals surface area contributed by atoms with E-state index in [1.807, 2.05) is 20.9 Å². The Labute approximate surface area is 177 Å². The van der Waals surface area contributed by atoms with Gasteiger partial charge in [-0.05, 0) is 46.1 Å². The number of hydrogen-bond acceptors (Lipinski definition) is 6. The van der Waals surface area contributed by atoms with Crippen LogP contribution in [0.4, 0.5) is 25.0 Å². The van der Waals surface area contributed by atoms with Crippen LogP contribution in [0.2, 0.25) is 0 Å². The molecule has 1 saturated heterocycles. The molecule has 0 bridgehead atoms. The highest BCUT2D eigenvalue weighted by atomic mass is 19.1. The maximum absolute atomic E-state index is 15.8. The summed E-state index contributed by atoms with van der Waals surface area (Å²) in [7, 11) is 1.85. The Morgan fingerprint density at radius 2 is 1.97 bits per heavy atom. The largest absolute Gasteiger partial charge is 0.511 e. The van der Waals surface area contributed by atoms with Crippen LogP contribution in [0.1, 0.15) is 39.2 Å². The fourth-order valence-corrected chi connectivity index (χ4v) is 4.37. The van der Waals surface area contributed by atoms with E-state index in [2.05, 4.69) is 10.1 Å². The van der Waals surface area contributed by atoms with Gasteiger partial charge in [0.05, 0.1) is 22.8 Å². The van der Waals surface area contributed by atoms with E-state index in [-0.39, 0.29) is 28.7 Å². The van der Waals surface area contributed by atoms with Crippen molar-refractivity contribution >= 4 is 28.4 Å². The van der Waals surface area contributed by atoms with Crippen LogP contribution in [-0.2, 0) is 0 Å². The molecule has 2 aromatic rings. The molecule has 2 fully saturated rings. The molecular weight excluding hydrogens is 410 g/mol. The minimum absolute atomic E-state index is 0.115. The molecule has 168 valence electrons. The Hall–Kier alpha value is -2.88. The summed E-state index contributed by atoms with van der Waals surface area (Å²) in [6.07, 6.45) is 1.67. The van der Waals surface area contributed by atoms with Crippen LogP contribution in [0.25, 0.3) is 10.9 Å². The summed E-state index contributed by atoms with van der Waals surface area (Å²) < 4.78 is 37.2. The van der Waals surface area contributed by atoms with Gasteiger partial charge in [0.15, 0.2) is 17.4 Å². The molecule has 31 heavy (non-hydrogen) atoms. The average molecular weight is 436 g/mol. The molecule has 1 saturated carbocycles. The minimum Gasteiger partial charge on any atom is -0.449 e. The van der Waals surface area contributed by atoms with Gasteiger partial charge in [-0.25, -0.2) is 13.6 Å². The first-order valence-corrected chi connectivity index (χ1v) is 10.3. The highest BCUT2D eigenvalue weighted by Crippen LogP contribution is 2.43. The number of hydrogen-bond donors (Lipinski definition) is 3. The van der Waals surface area contributed by atoms with Crippen molar-refractivity contribution in [3.8, 4) is 5.75 Å². The van der Waals surface area contributed by atoms with Crippen molar-refractivity contribution in [1.82, 2.24) is 9.88 Å². The van der Waals surface area contributed by atoms with E-state index in [9.17, 15) is 9.59 Å². The summed E-state index contributed by atoms with van der Waals surface area (Å²) >= 11 is 0. The molecule has 0 radical (unpaired) electrons. The van der Waals surface area contributed by atoms with Crippen molar-refractivity contribution in [3.63, 3.8) is 0 Å². The van der Waals surface area contributed by atoms with E-state index in [0.717, 1.165) is 19.3 Å². The summed E-state index contributed by atoms with van der Waals surface area (Å²) in [5.74, 6) is -2.25. The number of halogens is 2. The fourth-order valence-electron chi connectivity index (χ4n) is 4.37. The molecule has 0 unspecified atom stereocenters. The molecule has 0 amide bonds. The molecule has 1 atom stereocenters. The van der Waals surface area contributed by atoms with Gasteiger partial charge in [-0.3, -0.25) is 4.79 Å². The van der Waals surface area contributed by atoms with Crippen molar-refractivity contribution < 1.29 is 23.4 Å². The molecule has 10 heteroatoms. The number of rotatable bonds is 5. The van der Waals surface area contributed by atoms with Crippen LogP contribution in [-0.4, -0.2) is 41.5 Å². The standard InChI is InChI=1S/C21H26F2N4O4/c1-21(2,25-3)10-6-7-26(8-10)18-14(22)16(24)13-17(15(18)23)27(11-4-5-11)9-12(19(13)28)31-20(29)30/h9-11,25H,4-8,24H2,1-3H3,(H,29,30)/t10-/m0/s1. The van der Waals surface area contributed by atoms with E-state index < -0.39 is 40.0 Å². The van der Waals surface area contributed by atoms with Crippen LogP contribution in [0.3, 0.4) is 0 Å². The van der Waals surface area contributed by atoms with Gasteiger partial charge in [-0.2, -0.15) is 0 Å². The molecule has 4 rings (SSSR count). The van der Waals surface area contributed by atoms with Gasteiger partial charge in [0, 0.05) is 24.7 Å². The van der Waals surface area contributed by atoms with Crippen LogP contribution >= 0.6 is 0 Å². The van der Waals surface area contributed by atoms with E-state index >= 15 is 8.78 Å². The second-order valence-electron chi connectivity index (χ2n) is 8.85. The monoisotopic (exact) mass is 436 g/mol. The Kier molecular flexibility index (Phi) is 5.07. The SMILES string of the molecule is CNC(C)(C)[C@H]1CCN(c2c(F)c(N)c3c(=O)c(OC(=O)O)cn(C4CC4)c3c2F)C1. The van der Waals surface area contributed by atoms with E-state index in [4.69, 9.17) is 10.8 Å². The lowest BCUT2D eigenvalue weighted by Gasteiger charge is -2.32. The number of anilines is 2. The second kappa shape index (κ2) is 7.37. The predicted octanol–water partition coefficient (Wildman–Crippen LogP) is 3.08. The number of nitrogens with two attached hydrogens (primary N) is 1. The summed E-state index contributed by atoms with van der Waals surface area (Å²) in [5.41, 5.74) is 3.96. The molecule has 0 spiro atoms. The lowest BCUT2D eigenvalue weighted by atomic mass is 9.87. The number of carbonyl (C=O) groups is 1. The quantitative estimate of drug-likeness (QED) is 0.488. The fraction of sp³-hybridized carbons (Fsp3) is 0.524. The number of nitrogens with one attached hydrogen (secondary N) is 1. The lowest BCUT2D eigenvalue weighted by Crippen LogP contribution is -2.45. The topological polar surface area (TPSA) is 110 Å². The van der Waals surface area contributed by atoms with Gasteiger partial charge in [-0.1, -0.05) is 0 Å². The molecule has 1 aromatic carbocycles. The zero-order valence-electron chi connectivity index (χ0n) is 17.7. The first-order chi connectivity index (χ1) is 14.6. The Bertz CT molecular complexity index is 1130. The molecule has 1 aliphatic heterocycles. The normalized spacial score (nSPS) is 19.3. The van der Waals surface area contributed by atoms with Gasteiger partial charge in [0.1, 0.15) is 5.69 Å². The lowest BCUT2D eigenvalue weighted by molar-refractivity contribution is 0.143. The van der Waals surface area contributed by atoms with Gasteiger partial charge >= 0.3 is 6.16 Å². The van der Waals surface area contributed by atoms with Crippen LogP contribution in [0.5, 0.6) is 5.75 Å². The van der Waals surface area contributed by atoms with Gasteiger partial charge in [0.2, 0.25) is 5.43 Å². The van der Waals surface area contributed by atoms with E-state index in [0.29, 0.717) is 13.1 Å². The van der Waals surface area contributed by atoms with Gasteiger partial charge in [0.25, 0.3) is 0 Å². The van der Waals surface area contributed by atoms with Crippen molar-refractivity contribution in [2.24, 2.45) is 5.92 Å². The molecular formula is C21H26F2N4O4. The first-order valence-electron chi connectivity index (χ1n) is 10.3. The second-order valence-corrected chi connectivity index (χ2v) is 8.85. The highest BCUT2D eigenvalue weighted by molar-refractivity contribution is 5.96. The molecule has 1 aromatic heterocycles. The van der Waals surface area contributed by atoms with Crippen LogP contribution in [0.15, 0.2) is 11.0 Å². The maximum Gasteiger partial charge on any atom is 0.511 e. The third-order valence-electron chi connectivity index (χ3n) is 6.64. The average Bonchev–Trinajstić information content (AvgIpc) is 3.44. The smallest absolute Gasteiger partial charge is 0.449 e. The molecule has 8 nitrogen and oxygen atoms in total. The number of carboxylic acid groups (broad SMARTS) is 1. The van der Waals surface area contributed by atoms with E-state index in [1.165, 1.54) is 10.8 Å². The number of benzene rings is 1. The third kappa shape index (κ3) is 3.48. The Balaban J connectivity index is 1.91.